The smallest absolute Gasteiger partial charge is 0.407 e. The van der Waals surface area contributed by atoms with E-state index in [-0.39, 0.29) is 49.3 Å². The number of ketones is 2. The van der Waals surface area contributed by atoms with E-state index in [1.807, 2.05) is 0 Å². The Morgan fingerprint density at radius 1 is 1.14 bits per heavy atom. The van der Waals surface area contributed by atoms with Crippen molar-refractivity contribution in [3.63, 3.8) is 0 Å². The first-order chi connectivity index (χ1) is 19.7. The average Bonchev–Trinajstić information content (AvgIpc) is 2.89. The van der Waals surface area contributed by atoms with E-state index in [2.05, 4.69) is 5.32 Å². The molecular weight excluding hydrogens is 552 g/mol. The van der Waals surface area contributed by atoms with Crippen LogP contribution in [0.5, 0.6) is 5.75 Å². The largest absolute Gasteiger partial charge is 0.510 e. The zero-order valence-electron chi connectivity index (χ0n) is 24.1. The number of anilines is 1. The number of aromatic hydroxyl groups is 1. The Morgan fingerprint density at radius 2 is 1.81 bits per heavy atom. The summed E-state index contributed by atoms with van der Waals surface area (Å²) in [6.07, 6.45) is -0.644. The number of hydrogen-bond acceptors (Lipinski definition) is 12. The van der Waals surface area contributed by atoms with Crippen LogP contribution in [0.4, 0.5) is 10.5 Å². The Bertz CT molecular complexity index is 1420. The minimum absolute atomic E-state index is 0.0104. The maximum atomic E-state index is 14.0. The van der Waals surface area contributed by atoms with Gasteiger partial charge in [-0.25, -0.2) is 4.79 Å². The molecule has 3 aliphatic rings. The highest BCUT2D eigenvalue weighted by Gasteiger charge is 2.63. The molecule has 1 aromatic carbocycles. The first-order valence-electron chi connectivity index (χ1n) is 13.3. The molecule has 0 bridgehead atoms. The van der Waals surface area contributed by atoms with Crippen molar-refractivity contribution >= 4 is 29.3 Å². The predicted octanol–water partition coefficient (Wildman–Crippen LogP) is 0.0592. The second-order valence-electron chi connectivity index (χ2n) is 11.1. The molecule has 0 aromatic heterocycles. The van der Waals surface area contributed by atoms with Gasteiger partial charge in [0.05, 0.1) is 18.2 Å². The second kappa shape index (κ2) is 11.3. The molecular formula is C28H36N4O10. The van der Waals surface area contributed by atoms with Gasteiger partial charge in [0.15, 0.2) is 11.4 Å². The first kappa shape index (κ1) is 30.8. The molecule has 2 amide bonds. The Hall–Kier alpha value is -4.14. The van der Waals surface area contributed by atoms with Crippen molar-refractivity contribution in [3.8, 4) is 5.75 Å². The van der Waals surface area contributed by atoms with Crippen molar-refractivity contribution < 1.29 is 49.1 Å². The van der Waals surface area contributed by atoms with E-state index >= 15 is 0 Å². The molecule has 7 N–H and O–H groups in total. The number of primary amides is 1. The van der Waals surface area contributed by atoms with Gasteiger partial charge >= 0.3 is 6.09 Å². The zero-order valence-corrected chi connectivity index (χ0v) is 24.1. The number of carbonyl (C=O) groups is 4. The van der Waals surface area contributed by atoms with Crippen LogP contribution in [0.15, 0.2) is 28.7 Å². The van der Waals surface area contributed by atoms with Gasteiger partial charge in [-0.15, -0.1) is 0 Å². The molecule has 0 fully saturated rings. The number of likely N-dealkylation sites (N-methyl/N-ethyl adjacent to an activating group) is 1. The number of phenolic OH excluding ortho intramolecular Hbond substituents is 1. The summed E-state index contributed by atoms with van der Waals surface area (Å²) < 4.78 is 9.82. The number of amides is 2. The lowest BCUT2D eigenvalue weighted by molar-refractivity contribution is -0.148. The second-order valence-corrected chi connectivity index (χ2v) is 11.1. The first-order valence-corrected chi connectivity index (χ1v) is 13.3. The Morgan fingerprint density at radius 3 is 2.38 bits per heavy atom. The van der Waals surface area contributed by atoms with Gasteiger partial charge in [0.2, 0.25) is 5.78 Å². The van der Waals surface area contributed by atoms with E-state index in [0.717, 1.165) is 0 Å². The molecule has 0 heterocycles. The van der Waals surface area contributed by atoms with Gasteiger partial charge in [0, 0.05) is 50.5 Å². The van der Waals surface area contributed by atoms with Crippen LogP contribution in [-0.4, -0.2) is 109 Å². The SMILES string of the molecule is COCCOC(=O)NCc1cc(N(C)C)c2c(c1O)C(=O)C1=C(O)[C@@]3(O)C(=O)C(C(N)=O)=C(O)[C@H](N(C)C)[C@H]3C[C@H]1C2. The van der Waals surface area contributed by atoms with Gasteiger partial charge in [-0.05, 0) is 44.5 Å². The summed E-state index contributed by atoms with van der Waals surface area (Å²) in [7, 11) is 8.08. The highest BCUT2D eigenvalue weighted by atomic mass is 16.6. The monoisotopic (exact) mass is 588 g/mol. The molecule has 3 aliphatic carbocycles. The lowest BCUT2D eigenvalue weighted by Crippen LogP contribution is -2.63. The van der Waals surface area contributed by atoms with E-state index in [9.17, 15) is 39.6 Å². The van der Waals surface area contributed by atoms with Crippen LogP contribution in [0.3, 0.4) is 0 Å². The molecule has 0 spiro atoms. The van der Waals surface area contributed by atoms with E-state index in [1.165, 1.54) is 12.0 Å². The number of ether oxygens (including phenoxy) is 2. The van der Waals surface area contributed by atoms with Gasteiger partial charge < -0.3 is 45.9 Å². The Kier molecular flexibility index (Phi) is 8.27. The minimum atomic E-state index is -2.73. The van der Waals surface area contributed by atoms with Gasteiger partial charge in [-0.2, -0.15) is 0 Å². The van der Waals surface area contributed by atoms with Crippen LogP contribution in [0, 0.1) is 11.8 Å². The molecule has 42 heavy (non-hydrogen) atoms. The molecule has 0 radical (unpaired) electrons. The summed E-state index contributed by atoms with van der Waals surface area (Å²) in [5.41, 5.74) is 2.60. The van der Waals surface area contributed by atoms with Gasteiger partial charge in [0.1, 0.15) is 29.4 Å². The van der Waals surface area contributed by atoms with Crippen LogP contribution in [0.1, 0.15) is 27.9 Å². The van der Waals surface area contributed by atoms with Crippen molar-refractivity contribution in [1.82, 2.24) is 10.2 Å². The fourth-order valence-electron chi connectivity index (χ4n) is 6.32. The Labute approximate surface area is 242 Å². The van der Waals surface area contributed by atoms with E-state index in [1.54, 1.807) is 39.2 Å². The number of rotatable bonds is 8. The third-order valence-corrected chi connectivity index (χ3v) is 8.20. The number of benzene rings is 1. The maximum absolute atomic E-state index is 14.0. The lowest BCUT2D eigenvalue weighted by Gasteiger charge is -2.50. The number of aliphatic hydroxyl groups is 3. The number of allylic oxidation sites excluding steroid dienone is 1. The van der Waals surface area contributed by atoms with Crippen molar-refractivity contribution in [1.29, 1.82) is 0 Å². The summed E-state index contributed by atoms with van der Waals surface area (Å²) >= 11 is 0. The molecule has 4 rings (SSSR count). The fraction of sp³-hybridized carbons (Fsp3) is 0.500. The number of Topliss-reactive ketones (excluding diaryl/α,β-unsaturated/α-hetero) is 2. The molecule has 14 heteroatoms. The zero-order chi connectivity index (χ0) is 31.3. The molecule has 1 aromatic rings. The van der Waals surface area contributed by atoms with Crippen molar-refractivity contribution in [2.24, 2.45) is 17.6 Å². The Balaban J connectivity index is 1.83. The van der Waals surface area contributed by atoms with Crippen LogP contribution < -0.4 is 16.0 Å². The summed E-state index contributed by atoms with van der Waals surface area (Å²) in [5.74, 6) is -7.24. The summed E-state index contributed by atoms with van der Waals surface area (Å²) in [6.45, 7) is 0.00294. The number of nitrogens with zero attached hydrogens (tertiary/aromatic N) is 2. The normalized spacial score (nSPS) is 25.2. The molecule has 14 nitrogen and oxygen atoms in total. The number of hydrogen-bond donors (Lipinski definition) is 6. The number of fused-ring (bicyclic) bond motifs is 3. The number of nitrogens with two attached hydrogens (primary N) is 1. The molecule has 0 saturated carbocycles. The standard InChI is InChI=1S/C28H36N4O10/c1-31(2)16-10-13(11-30-27(39)42-7-6-41-5)21(33)18-14(16)8-12-9-15-20(32(3)4)23(35)19(26(29)38)25(37)28(15,40)24(36)17(12)22(18)34/h10,12,15,20,33,35-36,40H,6-9,11H2,1-5H3,(H2,29,38)(H,30,39)/t12-,15-,20-,28-/m1/s1. The van der Waals surface area contributed by atoms with E-state index in [0.29, 0.717) is 11.3 Å². The van der Waals surface area contributed by atoms with Crippen molar-refractivity contribution in [3.05, 3.63) is 45.4 Å². The summed E-state index contributed by atoms with van der Waals surface area (Å²) in [6, 6.07) is 0.555. The van der Waals surface area contributed by atoms with E-state index in [4.69, 9.17) is 15.2 Å². The van der Waals surface area contributed by atoms with Crippen LogP contribution >= 0.6 is 0 Å². The molecule has 0 saturated heterocycles. The van der Waals surface area contributed by atoms with Gasteiger partial charge in [-0.3, -0.25) is 19.3 Å². The van der Waals surface area contributed by atoms with Crippen LogP contribution in [0.2, 0.25) is 0 Å². The minimum Gasteiger partial charge on any atom is -0.510 e. The third kappa shape index (κ3) is 4.74. The molecule has 4 atom stereocenters. The number of methoxy groups -OCH3 is 1. The van der Waals surface area contributed by atoms with E-state index < -0.39 is 69.9 Å². The highest BCUT2D eigenvalue weighted by molar-refractivity contribution is 6.25. The number of nitrogens with one attached hydrogen (secondary N) is 1. The van der Waals surface area contributed by atoms with Crippen molar-refractivity contribution in [2.45, 2.75) is 31.0 Å². The molecule has 228 valence electrons. The topological polar surface area (TPSA) is 212 Å². The molecule has 0 aliphatic heterocycles. The molecule has 0 unspecified atom stereocenters. The van der Waals surface area contributed by atoms with Gasteiger partial charge in [0.25, 0.3) is 5.91 Å². The van der Waals surface area contributed by atoms with Crippen LogP contribution in [-0.2, 0) is 32.0 Å². The van der Waals surface area contributed by atoms with Crippen molar-refractivity contribution in [2.75, 3.05) is 53.4 Å². The number of aliphatic hydroxyl groups excluding tert-OH is 2. The number of alkyl carbamates (subject to hydrolysis) is 1. The van der Waals surface area contributed by atoms with Crippen LogP contribution in [0.25, 0.3) is 0 Å². The lowest BCUT2D eigenvalue weighted by atomic mass is 9.58. The maximum Gasteiger partial charge on any atom is 0.407 e. The average molecular weight is 589 g/mol. The quantitative estimate of drug-likeness (QED) is 0.176. The summed E-state index contributed by atoms with van der Waals surface area (Å²) in [5, 5.41) is 47.8. The highest BCUT2D eigenvalue weighted by Crippen LogP contribution is 2.53. The predicted molar refractivity (Wildman–Crippen MR) is 148 cm³/mol. The number of carbonyl (C=O) groups excluding carboxylic acids is 4. The summed E-state index contributed by atoms with van der Waals surface area (Å²) in [4.78, 5) is 54.9. The fourth-order valence-corrected chi connectivity index (χ4v) is 6.32. The number of phenols is 1. The van der Waals surface area contributed by atoms with Gasteiger partial charge in [-0.1, -0.05) is 0 Å². The third-order valence-electron chi connectivity index (χ3n) is 8.20.